The van der Waals surface area contributed by atoms with Gasteiger partial charge < -0.3 is 10.2 Å². The molecule has 1 amide bonds. The van der Waals surface area contributed by atoms with Gasteiger partial charge in [-0.2, -0.15) is 0 Å². The van der Waals surface area contributed by atoms with Crippen molar-refractivity contribution in [3.8, 4) is 0 Å². The summed E-state index contributed by atoms with van der Waals surface area (Å²) < 4.78 is 0. The van der Waals surface area contributed by atoms with E-state index in [-0.39, 0.29) is 5.91 Å². The number of carbonyl (C=O) groups is 1. The molecule has 1 heterocycles. The Labute approximate surface area is 160 Å². The van der Waals surface area contributed by atoms with E-state index >= 15 is 0 Å². The van der Waals surface area contributed by atoms with Crippen molar-refractivity contribution in [1.29, 1.82) is 0 Å². The predicted octanol–water partition coefficient (Wildman–Crippen LogP) is 4.35. The number of rotatable bonds is 7. The van der Waals surface area contributed by atoms with Gasteiger partial charge in [0, 0.05) is 25.8 Å². The molecular weight excluding hydrogens is 334 g/mol. The first kappa shape index (κ1) is 18.6. The number of nitrogens with zero attached hydrogens (tertiary/aromatic N) is 2. The van der Waals surface area contributed by atoms with Crippen LogP contribution in [0.2, 0.25) is 0 Å². The SMILES string of the molecule is CCN(Cc1ccccc1)c1cncc(C(=O)NCc2cccc(C)c2)c1. The van der Waals surface area contributed by atoms with Crippen molar-refractivity contribution >= 4 is 11.6 Å². The monoisotopic (exact) mass is 359 g/mol. The summed E-state index contributed by atoms with van der Waals surface area (Å²) in [5.41, 5.74) is 5.03. The van der Waals surface area contributed by atoms with Crippen LogP contribution >= 0.6 is 0 Å². The molecule has 27 heavy (non-hydrogen) atoms. The van der Waals surface area contributed by atoms with Crippen LogP contribution < -0.4 is 10.2 Å². The van der Waals surface area contributed by atoms with E-state index in [0.717, 1.165) is 24.3 Å². The van der Waals surface area contributed by atoms with Gasteiger partial charge in [0.1, 0.15) is 0 Å². The van der Waals surface area contributed by atoms with Gasteiger partial charge in [0.15, 0.2) is 0 Å². The quantitative estimate of drug-likeness (QED) is 0.682. The number of pyridine rings is 1. The van der Waals surface area contributed by atoms with Crippen LogP contribution in [0.4, 0.5) is 5.69 Å². The minimum atomic E-state index is -0.110. The van der Waals surface area contributed by atoms with Crippen molar-refractivity contribution in [3.63, 3.8) is 0 Å². The Morgan fingerprint density at radius 3 is 2.52 bits per heavy atom. The molecular formula is C23H25N3O. The molecule has 3 rings (SSSR count). The number of anilines is 1. The smallest absolute Gasteiger partial charge is 0.253 e. The number of benzene rings is 2. The minimum absolute atomic E-state index is 0.110. The highest BCUT2D eigenvalue weighted by Gasteiger charge is 2.11. The van der Waals surface area contributed by atoms with Crippen molar-refractivity contribution in [1.82, 2.24) is 10.3 Å². The number of aryl methyl sites for hydroxylation is 1. The Morgan fingerprint density at radius 1 is 1.00 bits per heavy atom. The lowest BCUT2D eigenvalue weighted by molar-refractivity contribution is 0.0950. The van der Waals surface area contributed by atoms with Crippen molar-refractivity contribution < 1.29 is 4.79 Å². The van der Waals surface area contributed by atoms with E-state index in [2.05, 4.69) is 40.3 Å². The molecule has 1 N–H and O–H groups in total. The lowest BCUT2D eigenvalue weighted by atomic mass is 10.1. The predicted molar refractivity (Wildman–Crippen MR) is 110 cm³/mol. The Morgan fingerprint density at radius 2 is 1.78 bits per heavy atom. The van der Waals surface area contributed by atoms with Gasteiger partial charge in [-0.1, -0.05) is 60.2 Å². The Hall–Kier alpha value is -3.14. The summed E-state index contributed by atoms with van der Waals surface area (Å²) in [4.78, 5) is 19.0. The molecule has 138 valence electrons. The molecule has 0 spiro atoms. The number of hydrogen-bond acceptors (Lipinski definition) is 3. The first-order chi connectivity index (χ1) is 13.2. The molecule has 0 aliphatic carbocycles. The van der Waals surface area contributed by atoms with Crippen LogP contribution in [0.25, 0.3) is 0 Å². The topological polar surface area (TPSA) is 45.2 Å². The summed E-state index contributed by atoms with van der Waals surface area (Å²) in [7, 11) is 0. The summed E-state index contributed by atoms with van der Waals surface area (Å²) in [6.45, 7) is 6.28. The average Bonchev–Trinajstić information content (AvgIpc) is 2.71. The number of aromatic nitrogens is 1. The zero-order chi connectivity index (χ0) is 19.1. The summed E-state index contributed by atoms with van der Waals surface area (Å²) in [5.74, 6) is -0.110. The Bertz CT molecular complexity index is 893. The van der Waals surface area contributed by atoms with Gasteiger partial charge in [0.05, 0.1) is 17.4 Å². The van der Waals surface area contributed by atoms with Crippen molar-refractivity contribution in [2.75, 3.05) is 11.4 Å². The van der Waals surface area contributed by atoms with Crippen LogP contribution in [0, 0.1) is 6.92 Å². The lowest BCUT2D eigenvalue weighted by Gasteiger charge is -2.23. The summed E-state index contributed by atoms with van der Waals surface area (Å²) in [6, 6.07) is 20.3. The molecule has 0 saturated carbocycles. The molecule has 0 fully saturated rings. The number of hydrogen-bond donors (Lipinski definition) is 1. The Kier molecular flexibility index (Phi) is 6.21. The fourth-order valence-electron chi connectivity index (χ4n) is 3.02. The zero-order valence-electron chi connectivity index (χ0n) is 15.9. The van der Waals surface area contributed by atoms with E-state index < -0.39 is 0 Å². The van der Waals surface area contributed by atoms with E-state index in [1.165, 1.54) is 11.1 Å². The summed E-state index contributed by atoms with van der Waals surface area (Å²) in [5, 5.41) is 2.98. The molecule has 2 aromatic carbocycles. The average molecular weight is 359 g/mol. The molecule has 0 bridgehead atoms. The maximum Gasteiger partial charge on any atom is 0.253 e. The second kappa shape index (κ2) is 8.99. The first-order valence-electron chi connectivity index (χ1n) is 9.23. The minimum Gasteiger partial charge on any atom is -0.366 e. The Balaban J connectivity index is 1.69. The fraction of sp³-hybridized carbons (Fsp3) is 0.217. The third kappa shape index (κ3) is 5.17. The molecule has 0 radical (unpaired) electrons. The van der Waals surface area contributed by atoms with E-state index in [1.54, 1.807) is 6.20 Å². The molecule has 0 aliphatic heterocycles. The molecule has 4 nitrogen and oxygen atoms in total. The second-order valence-electron chi connectivity index (χ2n) is 6.60. The molecule has 3 aromatic rings. The fourth-order valence-corrected chi connectivity index (χ4v) is 3.02. The van der Waals surface area contributed by atoms with Crippen molar-refractivity contribution in [2.24, 2.45) is 0 Å². The third-order valence-corrected chi connectivity index (χ3v) is 4.48. The summed E-state index contributed by atoms with van der Waals surface area (Å²) >= 11 is 0. The van der Waals surface area contributed by atoms with Crippen LogP contribution in [-0.2, 0) is 13.1 Å². The second-order valence-corrected chi connectivity index (χ2v) is 6.60. The molecule has 1 aromatic heterocycles. The molecule has 0 unspecified atom stereocenters. The van der Waals surface area contributed by atoms with E-state index in [0.29, 0.717) is 12.1 Å². The van der Waals surface area contributed by atoms with Gasteiger partial charge in [-0.3, -0.25) is 9.78 Å². The van der Waals surface area contributed by atoms with E-state index in [9.17, 15) is 4.79 Å². The molecule has 0 aliphatic rings. The van der Waals surface area contributed by atoms with Crippen molar-refractivity contribution in [2.45, 2.75) is 26.9 Å². The zero-order valence-corrected chi connectivity index (χ0v) is 15.9. The number of carbonyl (C=O) groups excluding carboxylic acids is 1. The summed E-state index contributed by atoms with van der Waals surface area (Å²) in [6.07, 6.45) is 3.43. The number of nitrogens with one attached hydrogen (secondary N) is 1. The van der Waals surface area contributed by atoms with Gasteiger partial charge >= 0.3 is 0 Å². The lowest BCUT2D eigenvalue weighted by Crippen LogP contribution is -2.25. The third-order valence-electron chi connectivity index (χ3n) is 4.48. The molecule has 0 atom stereocenters. The van der Waals surface area contributed by atoms with Crippen molar-refractivity contribution in [3.05, 3.63) is 95.3 Å². The maximum atomic E-state index is 12.6. The van der Waals surface area contributed by atoms with Crippen LogP contribution in [0.1, 0.15) is 34.0 Å². The maximum absolute atomic E-state index is 12.6. The van der Waals surface area contributed by atoms with E-state index in [4.69, 9.17) is 0 Å². The highest BCUT2D eigenvalue weighted by molar-refractivity contribution is 5.94. The van der Waals surface area contributed by atoms with E-state index in [1.807, 2.05) is 55.6 Å². The van der Waals surface area contributed by atoms with Gasteiger partial charge in [0.25, 0.3) is 5.91 Å². The highest BCUT2D eigenvalue weighted by Crippen LogP contribution is 2.17. The highest BCUT2D eigenvalue weighted by atomic mass is 16.1. The normalized spacial score (nSPS) is 10.4. The van der Waals surface area contributed by atoms with Crippen LogP contribution in [-0.4, -0.2) is 17.4 Å². The first-order valence-corrected chi connectivity index (χ1v) is 9.23. The standard InChI is InChI=1S/C23H25N3O/c1-3-26(17-19-9-5-4-6-10-19)22-13-21(15-24-16-22)23(27)25-14-20-11-7-8-18(2)12-20/h4-13,15-16H,3,14,17H2,1-2H3,(H,25,27). The molecule has 0 saturated heterocycles. The molecule has 4 heteroatoms. The van der Waals surface area contributed by atoms with Crippen LogP contribution in [0.5, 0.6) is 0 Å². The van der Waals surface area contributed by atoms with Gasteiger partial charge in [-0.25, -0.2) is 0 Å². The van der Waals surface area contributed by atoms with Gasteiger partial charge in [-0.15, -0.1) is 0 Å². The van der Waals surface area contributed by atoms with Gasteiger partial charge in [-0.05, 0) is 31.0 Å². The van der Waals surface area contributed by atoms with Gasteiger partial charge in [0.2, 0.25) is 0 Å². The van der Waals surface area contributed by atoms with Crippen LogP contribution in [0.3, 0.4) is 0 Å². The largest absolute Gasteiger partial charge is 0.366 e. The number of amides is 1. The van der Waals surface area contributed by atoms with Crippen LogP contribution in [0.15, 0.2) is 73.1 Å².